The number of rotatable bonds is 2. The molecule has 1 aliphatic rings. The molecule has 0 heterocycles. The third kappa shape index (κ3) is 1.81. The van der Waals surface area contributed by atoms with Crippen molar-refractivity contribution in [3.8, 4) is 6.07 Å². The van der Waals surface area contributed by atoms with Gasteiger partial charge in [-0.05, 0) is 17.7 Å². The summed E-state index contributed by atoms with van der Waals surface area (Å²) in [6.45, 7) is 0. The van der Waals surface area contributed by atoms with Crippen LogP contribution in [-0.2, 0) is 9.84 Å². The number of benzene rings is 1. The fraction of sp³-hybridized carbons (Fsp3) is 0.364. The second-order valence-electron chi connectivity index (χ2n) is 4.03. The van der Waals surface area contributed by atoms with E-state index in [1.165, 1.54) is 18.2 Å². The first-order valence-corrected chi connectivity index (χ1v) is 6.74. The van der Waals surface area contributed by atoms with Crippen molar-refractivity contribution in [3.63, 3.8) is 0 Å². The van der Waals surface area contributed by atoms with Crippen LogP contribution in [0.15, 0.2) is 24.3 Å². The first-order valence-electron chi connectivity index (χ1n) is 4.79. The van der Waals surface area contributed by atoms with Crippen LogP contribution in [0.25, 0.3) is 0 Å². The minimum atomic E-state index is -3.25. The highest BCUT2D eigenvalue weighted by Crippen LogP contribution is 2.51. The van der Waals surface area contributed by atoms with Gasteiger partial charge in [0.2, 0.25) is 0 Å². The van der Waals surface area contributed by atoms with Crippen LogP contribution in [0.2, 0.25) is 0 Å². The van der Waals surface area contributed by atoms with Gasteiger partial charge in [-0.25, -0.2) is 12.8 Å². The minimum absolute atomic E-state index is 0.379. The van der Waals surface area contributed by atoms with Gasteiger partial charge in [-0.2, -0.15) is 5.26 Å². The molecule has 0 amide bonds. The highest BCUT2D eigenvalue weighted by Gasteiger charge is 2.57. The van der Waals surface area contributed by atoms with Crippen LogP contribution in [0.1, 0.15) is 11.5 Å². The molecule has 0 unspecified atom stereocenters. The Morgan fingerprint density at radius 2 is 2.12 bits per heavy atom. The number of sulfone groups is 1. The molecular formula is C11H10FNO2S. The number of nitriles is 1. The maximum atomic E-state index is 13.0. The number of hydrogen-bond donors (Lipinski definition) is 0. The average molecular weight is 239 g/mol. The molecule has 0 aliphatic heterocycles. The predicted octanol–water partition coefficient (Wildman–Crippen LogP) is 1.48. The molecule has 1 aromatic carbocycles. The van der Waals surface area contributed by atoms with Gasteiger partial charge in [0.25, 0.3) is 0 Å². The first kappa shape index (κ1) is 11.1. The largest absolute Gasteiger partial charge is 0.229 e. The van der Waals surface area contributed by atoms with Crippen LogP contribution in [0.4, 0.5) is 4.39 Å². The highest BCUT2D eigenvalue weighted by atomic mass is 32.2. The van der Waals surface area contributed by atoms with E-state index in [-0.39, 0.29) is 5.92 Å². The van der Waals surface area contributed by atoms with E-state index in [0.29, 0.717) is 5.56 Å². The van der Waals surface area contributed by atoms with Gasteiger partial charge in [-0.15, -0.1) is 0 Å². The number of hydrogen-bond acceptors (Lipinski definition) is 3. The Morgan fingerprint density at radius 1 is 1.44 bits per heavy atom. The van der Waals surface area contributed by atoms with E-state index in [1.807, 2.05) is 6.07 Å². The summed E-state index contributed by atoms with van der Waals surface area (Å²) >= 11 is 0. The lowest BCUT2D eigenvalue weighted by Gasteiger charge is -1.98. The van der Waals surface area contributed by atoms with Crippen LogP contribution < -0.4 is 0 Å². The van der Waals surface area contributed by atoms with Gasteiger partial charge in [0.05, 0.1) is 17.2 Å². The van der Waals surface area contributed by atoms with Crippen molar-refractivity contribution in [3.05, 3.63) is 35.6 Å². The molecule has 84 valence electrons. The van der Waals surface area contributed by atoms with Crippen LogP contribution in [0, 0.1) is 23.1 Å². The van der Waals surface area contributed by atoms with Crippen molar-refractivity contribution >= 4 is 9.84 Å². The monoisotopic (exact) mass is 239 g/mol. The zero-order chi connectivity index (χ0) is 11.9. The van der Waals surface area contributed by atoms with Gasteiger partial charge < -0.3 is 0 Å². The molecule has 0 N–H and O–H groups in total. The molecule has 0 spiro atoms. The van der Waals surface area contributed by atoms with Crippen LogP contribution >= 0.6 is 0 Å². The van der Waals surface area contributed by atoms with Crippen molar-refractivity contribution in [2.75, 3.05) is 6.26 Å². The van der Waals surface area contributed by atoms with Gasteiger partial charge in [-0.1, -0.05) is 12.1 Å². The van der Waals surface area contributed by atoms with Crippen LogP contribution in [0.5, 0.6) is 0 Å². The van der Waals surface area contributed by atoms with Crippen molar-refractivity contribution in [1.82, 2.24) is 0 Å². The first-order chi connectivity index (χ1) is 7.45. The Balaban J connectivity index is 2.35. The minimum Gasteiger partial charge on any atom is -0.229 e. The van der Waals surface area contributed by atoms with Gasteiger partial charge >= 0.3 is 0 Å². The molecular weight excluding hydrogens is 229 g/mol. The normalized spacial score (nSPS) is 28.4. The summed E-state index contributed by atoms with van der Waals surface area (Å²) < 4.78 is 35.8. The van der Waals surface area contributed by atoms with E-state index in [4.69, 9.17) is 5.26 Å². The van der Waals surface area contributed by atoms with Crippen LogP contribution in [0.3, 0.4) is 0 Å². The number of nitrogens with zero attached hydrogens (tertiary/aromatic N) is 1. The van der Waals surface area contributed by atoms with E-state index in [2.05, 4.69) is 0 Å². The summed E-state index contributed by atoms with van der Waals surface area (Å²) in [5.41, 5.74) is 0.585. The lowest BCUT2D eigenvalue weighted by Crippen LogP contribution is -2.06. The standard InChI is InChI=1S/C11H10FNO2S/c1-16(14,15)11-9(6-13)10(11)7-3-2-4-8(12)5-7/h2-5,9-11H,1H3/t9-,10-,11+/m0/s1. The molecule has 16 heavy (non-hydrogen) atoms. The molecule has 0 bridgehead atoms. The molecule has 1 fully saturated rings. The van der Waals surface area contributed by atoms with Gasteiger partial charge in [0, 0.05) is 12.2 Å². The summed E-state index contributed by atoms with van der Waals surface area (Å²) in [7, 11) is -3.25. The predicted molar refractivity (Wildman–Crippen MR) is 56.9 cm³/mol. The Labute approximate surface area is 93.4 Å². The number of halogens is 1. The lowest BCUT2D eigenvalue weighted by atomic mass is 10.1. The fourth-order valence-electron chi connectivity index (χ4n) is 2.08. The molecule has 3 nitrogen and oxygen atoms in total. The summed E-state index contributed by atoms with van der Waals surface area (Å²) in [4.78, 5) is 0. The smallest absolute Gasteiger partial charge is 0.152 e. The summed E-state index contributed by atoms with van der Waals surface area (Å²) in [5, 5.41) is 8.15. The Hall–Kier alpha value is -1.41. The molecule has 5 heteroatoms. The molecule has 2 rings (SSSR count). The molecule has 0 saturated heterocycles. The van der Waals surface area contributed by atoms with Gasteiger partial charge in [0.1, 0.15) is 5.82 Å². The summed E-state index contributed by atoms with van der Waals surface area (Å²) in [5.74, 6) is -1.33. The van der Waals surface area contributed by atoms with E-state index in [0.717, 1.165) is 6.26 Å². The second kappa shape index (κ2) is 3.56. The summed E-state index contributed by atoms with van der Waals surface area (Å²) in [6, 6.07) is 7.73. The van der Waals surface area contributed by atoms with Crippen LogP contribution in [-0.4, -0.2) is 19.9 Å². The maximum absolute atomic E-state index is 13.0. The third-order valence-electron chi connectivity index (χ3n) is 2.83. The quantitative estimate of drug-likeness (QED) is 0.785. The van der Waals surface area contributed by atoms with Crippen molar-refractivity contribution in [2.45, 2.75) is 11.2 Å². The van der Waals surface area contributed by atoms with E-state index >= 15 is 0 Å². The zero-order valence-electron chi connectivity index (χ0n) is 8.59. The molecule has 0 aromatic heterocycles. The Bertz CT molecular complexity index is 562. The Morgan fingerprint density at radius 3 is 2.56 bits per heavy atom. The maximum Gasteiger partial charge on any atom is 0.152 e. The third-order valence-corrected chi connectivity index (χ3v) is 4.41. The highest BCUT2D eigenvalue weighted by molar-refractivity contribution is 7.91. The van der Waals surface area contributed by atoms with Crippen molar-refractivity contribution < 1.29 is 12.8 Å². The topological polar surface area (TPSA) is 57.9 Å². The molecule has 0 radical (unpaired) electrons. The van der Waals surface area contributed by atoms with E-state index in [1.54, 1.807) is 6.07 Å². The van der Waals surface area contributed by atoms with Gasteiger partial charge in [-0.3, -0.25) is 0 Å². The summed E-state index contributed by atoms with van der Waals surface area (Å²) in [6.07, 6.45) is 1.11. The second-order valence-corrected chi connectivity index (χ2v) is 6.23. The molecule has 1 aliphatic carbocycles. The molecule has 1 aromatic rings. The van der Waals surface area contributed by atoms with Crippen molar-refractivity contribution in [1.29, 1.82) is 5.26 Å². The molecule has 1 saturated carbocycles. The fourth-order valence-corrected chi connectivity index (χ4v) is 3.61. The SMILES string of the molecule is CS(=O)(=O)[C@@H]1[C@@H](C#N)[C@@H]1c1cccc(F)c1. The van der Waals surface area contributed by atoms with Gasteiger partial charge in [0.15, 0.2) is 9.84 Å². The lowest BCUT2D eigenvalue weighted by molar-refractivity contribution is 0.598. The zero-order valence-corrected chi connectivity index (χ0v) is 9.41. The van der Waals surface area contributed by atoms with Crippen molar-refractivity contribution in [2.24, 2.45) is 5.92 Å². The molecule has 3 atom stereocenters. The Kier molecular flexibility index (Phi) is 2.47. The van der Waals surface area contributed by atoms with E-state index in [9.17, 15) is 12.8 Å². The van der Waals surface area contributed by atoms with E-state index < -0.39 is 26.8 Å². The average Bonchev–Trinajstić information content (AvgIpc) is 2.91.